The molecule has 0 saturated heterocycles. The lowest BCUT2D eigenvalue weighted by molar-refractivity contribution is 0.683. The van der Waals surface area contributed by atoms with Crippen molar-refractivity contribution in [3.63, 3.8) is 0 Å². The predicted molar refractivity (Wildman–Crippen MR) is 141 cm³/mol. The number of benzene rings is 4. The van der Waals surface area contributed by atoms with Gasteiger partial charge in [-0.05, 0) is 76.8 Å². The third-order valence-corrected chi connectivity index (χ3v) is 7.76. The Morgan fingerprint density at radius 2 is 1.21 bits per heavy atom. The summed E-state index contributed by atoms with van der Waals surface area (Å²) in [6.45, 7) is 0. The van der Waals surface area contributed by atoms with Crippen molar-refractivity contribution in [2.24, 2.45) is 0 Å². The third kappa shape index (κ3) is 2.93. The van der Waals surface area contributed by atoms with Crippen LogP contribution in [-0.4, -0.2) is 0 Å². The number of aryl methyl sites for hydroxylation is 2. The van der Waals surface area contributed by atoms with Crippen molar-refractivity contribution in [3.05, 3.63) is 148 Å². The molecular weight excluding hydrogens is 410 g/mol. The number of nitrogens with zero attached hydrogens (tertiary/aromatic N) is 1. The Hall–Kier alpha value is -3.84. The first-order chi connectivity index (χ1) is 16.9. The van der Waals surface area contributed by atoms with Gasteiger partial charge in [-0.25, -0.2) is 0 Å². The molecule has 2 aliphatic carbocycles. The zero-order valence-corrected chi connectivity index (χ0v) is 19.2. The smallest absolute Gasteiger partial charge is 0.0817 e. The first kappa shape index (κ1) is 19.6. The number of anilines is 1. The van der Waals surface area contributed by atoms with E-state index in [2.05, 4.69) is 114 Å². The molecule has 0 bridgehead atoms. The Balaban J connectivity index is 1.59. The van der Waals surface area contributed by atoms with E-state index >= 15 is 0 Å². The van der Waals surface area contributed by atoms with E-state index in [1.165, 1.54) is 50.3 Å². The van der Waals surface area contributed by atoms with Crippen molar-refractivity contribution in [2.75, 3.05) is 4.90 Å². The van der Waals surface area contributed by atoms with Crippen molar-refractivity contribution in [2.45, 2.75) is 31.7 Å². The maximum Gasteiger partial charge on any atom is 0.0817 e. The van der Waals surface area contributed by atoms with Crippen LogP contribution >= 0.6 is 0 Å². The molecule has 4 aromatic rings. The molecule has 164 valence electrons. The van der Waals surface area contributed by atoms with Gasteiger partial charge in [-0.3, -0.25) is 0 Å². The summed E-state index contributed by atoms with van der Waals surface area (Å²) in [4.78, 5) is 2.66. The fourth-order valence-corrected chi connectivity index (χ4v) is 6.36. The lowest BCUT2D eigenvalue weighted by Gasteiger charge is -2.47. The van der Waals surface area contributed by atoms with Crippen LogP contribution in [0.2, 0.25) is 0 Å². The van der Waals surface area contributed by atoms with Gasteiger partial charge in [-0.2, -0.15) is 0 Å². The zero-order chi connectivity index (χ0) is 22.5. The molecule has 34 heavy (non-hydrogen) atoms. The highest BCUT2D eigenvalue weighted by molar-refractivity contribution is 6.00. The van der Waals surface area contributed by atoms with Gasteiger partial charge in [-0.1, -0.05) is 97.1 Å². The van der Waals surface area contributed by atoms with Crippen LogP contribution in [0.4, 0.5) is 5.69 Å². The van der Waals surface area contributed by atoms with Crippen LogP contribution in [-0.2, 0) is 12.8 Å². The van der Waals surface area contributed by atoms with E-state index in [-0.39, 0.29) is 6.04 Å². The molecule has 1 aliphatic heterocycles. The second-order valence-corrected chi connectivity index (χ2v) is 9.56. The summed E-state index contributed by atoms with van der Waals surface area (Å²) in [6, 6.07) is 40.5. The summed E-state index contributed by atoms with van der Waals surface area (Å²) in [5, 5.41) is 0. The molecule has 1 heterocycles. The second kappa shape index (κ2) is 7.88. The van der Waals surface area contributed by atoms with Crippen molar-refractivity contribution in [3.8, 4) is 0 Å². The van der Waals surface area contributed by atoms with E-state index in [1.807, 2.05) is 0 Å². The molecular formula is C33H27N. The molecule has 0 amide bonds. The van der Waals surface area contributed by atoms with Crippen molar-refractivity contribution >= 4 is 17.0 Å². The minimum absolute atomic E-state index is 0.215. The highest BCUT2D eigenvalue weighted by Crippen LogP contribution is 2.55. The predicted octanol–water partition coefficient (Wildman–Crippen LogP) is 8.01. The van der Waals surface area contributed by atoms with Crippen LogP contribution in [0.5, 0.6) is 0 Å². The number of para-hydroxylation sites is 1. The van der Waals surface area contributed by atoms with Gasteiger partial charge in [0.1, 0.15) is 0 Å². The molecule has 0 spiro atoms. The topological polar surface area (TPSA) is 3.24 Å². The van der Waals surface area contributed by atoms with E-state index in [0.717, 1.165) is 25.7 Å². The Morgan fingerprint density at radius 3 is 2.03 bits per heavy atom. The lowest BCUT2D eigenvalue weighted by atomic mass is 9.71. The van der Waals surface area contributed by atoms with Gasteiger partial charge >= 0.3 is 0 Å². The van der Waals surface area contributed by atoms with Crippen LogP contribution in [0.25, 0.3) is 11.3 Å². The molecule has 0 fully saturated rings. The van der Waals surface area contributed by atoms with Crippen LogP contribution in [0, 0.1) is 0 Å². The Kier molecular flexibility index (Phi) is 4.55. The van der Waals surface area contributed by atoms with Gasteiger partial charge in [0, 0.05) is 11.3 Å². The van der Waals surface area contributed by atoms with E-state index in [0.29, 0.717) is 0 Å². The average Bonchev–Trinajstić information content (AvgIpc) is 2.92. The molecule has 1 atom stereocenters. The number of hydrogen-bond acceptors (Lipinski definition) is 1. The number of rotatable bonds is 2. The zero-order valence-electron chi connectivity index (χ0n) is 19.2. The molecule has 1 nitrogen and oxygen atoms in total. The standard InChI is InChI=1S/C33H27N/c1-3-13-25(14-4-1)31-29-21-19-23-11-7-9-17-27(23)32(29)34(26-15-5-2-6-16-26)33-28-18-10-8-12-24(28)20-22-30(31)33/h1-18,32H,19-22H2. The van der Waals surface area contributed by atoms with Crippen molar-refractivity contribution in [1.82, 2.24) is 0 Å². The minimum atomic E-state index is 0.215. The summed E-state index contributed by atoms with van der Waals surface area (Å²) < 4.78 is 0. The normalized spacial score (nSPS) is 18.7. The summed E-state index contributed by atoms with van der Waals surface area (Å²) in [5.74, 6) is 0. The fraction of sp³-hybridized carbons (Fsp3) is 0.152. The quantitative estimate of drug-likeness (QED) is 0.307. The first-order valence-corrected chi connectivity index (χ1v) is 12.4. The van der Waals surface area contributed by atoms with Gasteiger partial charge in [0.2, 0.25) is 0 Å². The molecule has 0 N–H and O–H groups in total. The van der Waals surface area contributed by atoms with E-state index in [9.17, 15) is 0 Å². The molecule has 0 aromatic heterocycles. The molecule has 1 heteroatoms. The van der Waals surface area contributed by atoms with E-state index in [4.69, 9.17) is 0 Å². The van der Waals surface area contributed by atoms with Crippen LogP contribution in [0.15, 0.2) is 120 Å². The summed E-state index contributed by atoms with van der Waals surface area (Å²) >= 11 is 0. The third-order valence-electron chi connectivity index (χ3n) is 7.76. The molecule has 3 aliphatic rings. The Labute approximate surface area is 201 Å². The Bertz CT molecular complexity index is 1440. The van der Waals surface area contributed by atoms with Gasteiger partial charge in [0.05, 0.1) is 11.7 Å². The largest absolute Gasteiger partial charge is 0.329 e. The number of fused-ring (bicyclic) bond motifs is 5. The van der Waals surface area contributed by atoms with Crippen molar-refractivity contribution < 1.29 is 0 Å². The minimum Gasteiger partial charge on any atom is -0.329 e. The van der Waals surface area contributed by atoms with Gasteiger partial charge in [0.25, 0.3) is 0 Å². The monoisotopic (exact) mass is 437 g/mol. The van der Waals surface area contributed by atoms with Gasteiger partial charge in [-0.15, -0.1) is 0 Å². The van der Waals surface area contributed by atoms with Crippen LogP contribution in [0.1, 0.15) is 46.7 Å². The van der Waals surface area contributed by atoms with E-state index < -0.39 is 0 Å². The maximum atomic E-state index is 2.66. The van der Waals surface area contributed by atoms with Crippen LogP contribution in [0.3, 0.4) is 0 Å². The fourth-order valence-electron chi connectivity index (χ4n) is 6.36. The number of hydrogen-bond donors (Lipinski definition) is 0. The average molecular weight is 438 g/mol. The highest BCUT2D eigenvalue weighted by atomic mass is 15.2. The maximum absolute atomic E-state index is 2.66. The SMILES string of the molecule is c1ccc(C2=C3CCc4ccccc4C3N(c3ccccc3)C3=C2CCc2ccccc23)cc1. The van der Waals surface area contributed by atoms with Gasteiger partial charge in [0.15, 0.2) is 0 Å². The molecule has 0 radical (unpaired) electrons. The van der Waals surface area contributed by atoms with Gasteiger partial charge < -0.3 is 4.90 Å². The summed E-state index contributed by atoms with van der Waals surface area (Å²) in [5.41, 5.74) is 14.4. The van der Waals surface area contributed by atoms with Crippen LogP contribution < -0.4 is 4.90 Å². The van der Waals surface area contributed by atoms with E-state index in [1.54, 1.807) is 5.57 Å². The molecule has 7 rings (SSSR count). The van der Waals surface area contributed by atoms with Crippen molar-refractivity contribution in [1.29, 1.82) is 0 Å². The first-order valence-electron chi connectivity index (χ1n) is 12.4. The summed E-state index contributed by atoms with van der Waals surface area (Å²) in [6.07, 6.45) is 4.40. The molecule has 1 unspecified atom stereocenters. The highest BCUT2D eigenvalue weighted by Gasteiger charge is 2.41. The molecule has 0 saturated carbocycles. The number of allylic oxidation sites excluding steroid dienone is 2. The Morgan fingerprint density at radius 1 is 0.559 bits per heavy atom. The summed E-state index contributed by atoms with van der Waals surface area (Å²) in [7, 11) is 0. The molecule has 4 aromatic carbocycles. The lowest BCUT2D eigenvalue weighted by Crippen LogP contribution is -2.37. The second-order valence-electron chi connectivity index (χ2n) is 9.56.